The van der Waals surface area contributed by atoms with Gasteiger partial charge in [-0.15, -0.1) is 0 Å². The third kappa shape index (κ3) is 4.08. The van der Waals surface area contributed by atoms with Crippen molar-refractivity contribution in [3.63, 3.8) is 0 Å². The molecule has 0 bridgehead atoms. The number of rotatable bonds is 5. The van der Waals surface area contributed by atoms with Crippen molar-refractivity contribution in [1.82, 2.24) is 5.32 Å². The number of aryl methyl sites for hydroxylation is 2. The minimum Gasteiger partial charge on any atom is -0.456 e. The lowest BCUT2D eigenvalue weighted by Gasteiger charge is -2.15. The lowest BCUT2D eigenvalue weighted by atomic mass is 10.1. The molecule has 0 fully saturated rings. The Morgan fingerprint density at radius 3 is 2.43 bits per heavy atom. The van der Waals surface area contributed by atoms with Gasteiger partial charge in [0.1, 0.15) is 11.5 Å². The Bertz CT molecular complexity index is 625. The molecule has 0 amide bonds. The van der Waals surface area contributed by atoms with Gasteiger partial charge >= 0.3 is 0 Å². The smallest absolute Gasteiger partial charge is 0.141 e. The molecule has 2 aromatic rings. The van der Waals surface area contributed by atoms with Crippen molar-refractivity contribution in [2.45, 2.75) is 33.7 Å². The molecule has 0 aromatic heterocycles. The average Bonchev–Trinajstić information content (AvgIpc) is 2.44. The largest absolute Gasteiger partial charge is 0.456 e. The highest BCUT2D eigenvalue weighted by molar-refractivity contribution is 9.10. The van der Waals surface area contributed by atoms with E-state index in [2.05, 4.69) is 73.2 Å². The molecule has 21 heavy (non-hydrogen) atoms. The van der Waals surface area contributed by atoms with Crippen LogP contribution in [0.15, 0.2) is 40.9 Å². The first-order chi connectivity index (χ1) is 10.0. The maximum absolute atomic E-state index is 6.02. The van der Waals surface area contributed by atoms with Gasteiger partial charge in [-0.2, -0.15) is 0 Å². The molecule has 0 saturated heterocycles. The number of hydrogen-bond acceptors (Lipinski definition) is 2. The van der Waals surface area contributed by atoms with Crippen LogP contribution in [0, 0.1) is 13.8 Å². The molecule has 0 heterocycles. The van der Waals surface area contributed by atoms with Gasteiger partial charge in [-0.25, -0.2) is 0 Å². The lowest BCUT2D eigenvalue weighted by Crippen LogP contribution is -2.17. The van der Waals surface area contributed by atoms with Crippen molar-refractivity contribution >= 4 is 15.9 Å². The average molecular weight is 348 g/mol. The molecule has 2 nitrogen and oxygen atoms in total. The highest BCUT2D eigenvalue weighted by atomic mass is 79.9. The Hall–Kier alpha value is -1.32. The quantitative estimate of drug-likeness (QED) is 0.767. The topological polar surface area (TPSA) is 21.3 Å². The summed E-state index contributed by atoms with van der Waals surface area (Å²) in [6, 6.07) is 12.8. The molecule has 0 radical (unpaired) electrons. The molecule has 0 aliphatic heterocycles. The van der Waals surface area contributed by atoms with Crippen molar-refractivity contribution in [2.24, 2.45) is 0 Å². The van der Waals surface area contributed by atoms with E-state index in [1.165, 1.54) is 11.1 Å². The van der Waals surface area contributed by atoms with Gasteiger partial charge in [0.2, 0.25) is 0 Å². The van der Waals surface area contributed by atoms with Crippen LogP contribution in [0.5, 0.6) is 11.5 Å². The monoisotopic (exact) mass is 347 g/mol. The summed E-state index contributed by atoms with van der Waals surface area (Å²) in [4.78, 5) is 0. The predicted molar refractivity (Wildman–Crippen MR) is 92.2 cm³/mol. The summed E-state index contributed by atoms with van der Waals surface area (Å²) >= 11 is 3.61. The van der Waals surface area contributed by atoms with E-state index in [-0.39, 0.29) is 0 Å². The van der Waals surface area contributed by atoms with E-state index in [1.807, 2.05) is 12.1 Å². The van der Waals surface area contributed by atoms with Crippen molar-refractivity contribution in [3.8, 4) is 11.5 Å². The molecule has 0 spiro atoms. The lowest BCUT2D eigenvalue weighted by molar-refractivity contribution is 0.475. The number of nitrogens with one attached hydrogen (secondary N) is 1. The van der Waals surface area contributed by atoms with E-state index in [1.54, 1.807) is 0 Å². The van der Waals surface area contributed by atoms with Crippen LogP contribution in [0.25, 0.3) is 0 Å². The Balaban J connectivity index is 2.21. The normalized spacial score (nSPS) is 12.2. The van der Waals surface area contributed by atoms with Gasteiger partial charge in [0, 0.05) is 6.04 Å². The van der Waals surface area contributed by atoms with Crippen molar-refractivity contribution in [3.05, 3.63) is 57.6 Å². The fourth-order valence-electron chi connectivity index (χ4n) is 2.33. The molecule has 1 atom stereocenters. The fraction of sp³-hybridized carbons (Fsp3) is 0.333. The Morgan fingerprint density at radius 1 is 1.10 bits per heavy atom. The summed E-state index contributed by atoms with van der Waals surface area (Å²) in [5, 5.41) is 3.41. The Kier molecular flexibility index (Phi) is 5.43. The molecular formula is C18H22BrNO. The van der Waals surface area contributed by atoms with E-state index < -0.39 is 0 Å². The number of hydrogen-bond donors (Lipinski definition) is 1. The highest BCUT2D eigenvalue weighted by Crippen LogP contribution is 2.33. The second-order valence-electron chi connectivity index (χ2n) is 5.34. The fourth-order valence-corrected chi connectivity index (χ4v) is 2.80. The van der Waals surface area contributed by atoms with Crippen LogP contribution in [0.3, 0.4) is 0 Å². The summed E-state index contributed by atoms with van der Waals surface area (Å²) < 4.78 is 7.00. The summed E-state index contributed by atoms with van der Waals surface area (Å²) in [5.41, 5.74) is 3.64. The maximum Gasteiger partial charge on any atom is 0.141 e. The number of benzene rings is 2. The van der Waals surface area contributed by atoms with Crippen LogP contribution in [-0.2, 0) is 0 Å². The standard InChI is InChI=1S/C18H22BrNO/c1-5-20-14(4)15-7-9-18(16(19)11-15)21-17-8-6-12(2)10-13(17)3/h6-11,14,20H,5H2,1-4H3. The van der Waals surface area contributed by atoms with Gasteiger partial charge in [-0.1, -0.05) is 30.7 Å². The van der Waals surface area contributed by atoms with Crippen LogP contribution in [0.2, 0.25) is 0 Å². The Morgan fingerprint density at radius 2 is 1.81 bits per heavy atom. The van der Waals surface area contributed by atoms with Gasteiger partial charge in [0.05, 0.1) is 4.47 Å². The minimum atomic E-state index is 0.335. The first kappa shape index (κ1) is 16.1. The predicted octanol–water partition coefficient (Wildman–Crippen LogP) is 5.53. The molecule has 1 N–H and O–H groups in total. The molecule has 2 rings (SSSR count). The van der Waals surface area contributed by atoms with E-state index in [0.717, 1.165) is 28.1 Å². The van der Waals surface area contributed by atoms with Gasteiger partial charge in [0.15, 0.2) is 0 Å². The number of ether oxygens (including phenoxy) is 1. The highest BCUT2D eigenvalue weighted by Gasteiger charge is 2.09. The first-order valence-corrected chi connectivity index (χ1v) is 8.08. The summed E-state index contributed by atoms with van der Waals surface area (Å²) in [6.45, 7) is 9.39. The summed E-state index contributed by atoms with van der Waals surface area (Å²) in [5.74, 6) is 1.74. The molecule has 0 aliphatic carbocycles. The molecule has 1 unspecified atom stereocenters. The van der Waals surface area contributed by atoms with Crippen LogP contribution in [0.1, 0.15) is 36.6 Å². The van der Waals surface area contributed by atoms with Crippen LogP contribution >= 0.6 is 15.9 Å². The molecular weight excluding hydrogens is 326 g/mol. The SMILES string of the molecule is CCNC(C)c1ccc(Oc2ccc(C)cc2C)c(Br)c1. The van der Waals surface area contributed by atoms with Gasteiger partial charge in [0.25, 0.3) is 0 Å². The maximum atomic E-state index is 6.02. The van der Waals surface area contributed by atoms with Gasteiger partial charge in [-0.3, -0.25) is 0 Å². The second-order valence-corrected chi connectivity index (χ2v) is 6.19. The molecule has 3 heteroatoms. The minimum absolute atomic E-state index is 0.335. The van der Waals surface area contributed by atoms with Crippen LogP contribution < -0.4 is 10.1 Å². The molecule has 0 aliphatic rings. The Labute approximate surface area is 135 Å². The third-order valence-electron chi connectivity index (χ3n) is 3.52. The zero-order valence-corrected chi connectivity index (χ0v) is 14.6. The molecule has 2 aromatic carbocycles. The van der Waals surface area contributed by atoms with E-state index in [0.29, 0.717) is 6.04 Å². The molecule has 0 saturated carbocycles. The second kappa shape index (κ2) is 7.10. The van der Waals surface area contributed by atoms with Crippen LogP contribution in [-0.4, -0.2) is 6.54 Å². The van der Waals surface area contributed by atoms with E-state index >= 15 is 0 Å². The summed E-state index contributed by atoms with van der Waals surface area (Å²) in [6.07, 6.45) is 0. The van der Waals surface area contributed by atoms with Gasteiger partial charge in [-0.05, 0) is 72.6 Å². The van der Waals surface area contributed by atoms with E-state index in [9.17, 15) is 0 Å². The third-order valence-corrected chi connectivity index (χ3v) is 4.14. The van der Waals surface area contributed by atoms with Crippen molar-refractivity contribution < 1.29 is 4.74 Å². The van der Waals surface area contributed by atoms with Gasteiger partial charge < -0.3 is 10.1 Å². The first-order valence-electron chi connectivity index (χ1n) is 7.29. The van der Waals surface area contributed by atoms with E-state index in [4.69, 9.17) is 4.74 Å². The number of halogens is 1. The summed E-state index contributed by atoms with van der Waals surface area (Å²) in [7, 11) is 0. The van der Waals surface area contributed by atoms with Crippen molar-refractivity contribution in [2.75, 3.05) is 6.54 Å². The van der Waals surface area contributed by atoms with Crippen LogP contribution in [0.4, 0.5) is 0 Å². The zero-order valence-electron chi connectivity index (χ0n) is 13.0. The zero-order chi connectivity index (χ0) is 15.4. The molecule has 112 valence electrons. The van der Waals surface area contributed by atoms with Crippen molar-refractivity contribution in [1.29, 1.82) is 0 Å².